The molecule has 0 aliphatic rings. The monoisotopic (exact) mass is 358 g/mol. The van der Waals surface area contributed by atoms with Gasteiger partial charge in [0.05, 0.1) is 9.26 Å². The van der Waals surface area contributed by atoms with E-state index in [1.165, 1.54) is 6.33 Å². The first-order valence-electron chi connectivity index (χ1n) is 5.92. The Bertz CT molecular complexity index is 511. The lowest BCUT2D eigenvalue weighted by atomic mass is 10.3. The van der Waals surface area contributed by atoms with E-state index in [4.69, 9.17) is 0 Å². The SMILES string of the molecule is CCCNc1nc(-c2ncn[nH]2)nc(CC)c1I. The van der Waals surface area contributed by atoms with E-state index >= 15 is 0 Å². The molecule has 2 heterocycles. The van der Waals surface area contributed by atoms with Gasteiger partial charge < -0.3 is 5.32 Å². The van der Waals surface area contributed by atoms with Gasteiger partial charge in [0, 0.05) is 6.54 Å². The second-order valence-electron chi connectivity index (χ2n) is 3.77. The van der Waals surface area contributed by atoms with E-state index in [0.29, 0.717) is 11.6 Å². The van der Waals surface area contributed by atoms with E-state index in [-0.39, 0.29) is 0 Å². The van der Waals surface area contributed by atoms with Crippen molar-refractivity contribution in [2.75, 3.05) is 11.9 Å². The van der Waals surface area contributed by atoms with Gasteiger partial charge in [-0.2, -0.15) is 5.10 Å². The van der Waals surface area contributed by atoms with Gasteiger partial charge in [0.15, 0.2) is 11.6 Å². The number of nitrogens with zero attached hydrogens (tertiary/aromatic N) is 4. The summed E-state index contributed by atoms with van der Waals surface area (Å²) in [4.78, 5) is 13.1. The number of hydrogen-bond donors (Lipinski definition) is 2. The van der Waals surface area contributed by atoms with Crippen LogP contribution in [-0.2, 0) is 6.42 Å². The Labute approximate surface area is 119 Å². The molecule has 2 aromatic rings. The molecule has 0 amide bonds. The minimum absolute atomic E-state index is 0.586. The molecule has 18 heavy (non-hydrogen) atoms. The lowest BCUT2D eigenvalue weighted by molar-refractivity contribution is 0.936. The van der Waals surface area contributed by atoms with Gasteiger partial charge in [-0.05, 0) is 35.4 Å². The summed E-state index contributed by atoms with van der Waals surface area (Å²) in [5.41, 5.74) is 1.02. The summed E-state index contributed by atoms with van der Waals surface area (Å²) in [5.74, 6) is 2.06. The molecule has 0 fully saturated rings. The molecule has 96 valence electrons. The molecule has 7 heteroatoms. The highest BCUT2D eigenvalue weighted by atomic mass is 127. The zero-order valence-electron chi connectivity index (χ0n) is 10.4. The number of rotatable bonds is 5. The van der Waals surface area contributed by atoms with Crippen molar-refractivity contribution in [3.8, 4) is 11.6 Å². The summed E-state index contributed by atoms with van der Waals surface area (Å²) in [6, 6.07) is 0. The van der Waals surface area contributed by atoms with Crippen molar-refractivity contribution in [1.82, 2.24) is 25.1 Å². The highest BCUT2D eigenvalue weighted by molar-refractivity contribution is 14.1. The van der Waals surface area contributed by atoms with Crippen LogP contribution in [0.25, 0.3) is 11.6 Å². The minimum Gasteiger partial charge on any atom is -0.369 e. The summed E-state index contributed by atoms with van der Waals surface area (Å²) in [6.45, 7) is 5.10. The lowest BCUT2D eigenvalue weighted by Gasteiger charge is -2.10. The average molecular weight is 358 g/mol. The predicted octanol–water partition coefficient (Wildman–Crippen LogP) is 2.25. The molecule has 0 aliphatic carbocycles. The van der Waals surface area contributed by atoms with Crippen molar-refractivity contribution in [1.29, 1.82) is 0 Å². The molecule has 0 saturated heterocycles. The van der Waals surface area contributed by atoms with E-state index < -0.39 is 0 Å². The lowest BCUT2D eigenvalue weighted by Crippen LogP contribution is -2.09. The molecule has 2 rings (SSSR count). The van der Waals surface area contributed by atoms with Crippen molar-refractivity contribution < 1.29 is 0 Å². The first kappa shape index (κ1) is 13.2. The smallest absolute Gasteiger partial charge is 0.199 e. The third-order valence-corrected chi connectivity index (χ3v) is 3.56. The van der Waals surface area contributed by atoms with Gasteiger partial charge in [0.2, 0.25) is 0 Å². The predicted molar refractivity (Wildman–Crippen MR) is 78.3 cm³/mol. The summed E-state index contributed by atoms with van der Waals surface area (Å²) in [6.07, 6.45) is 3.38. The molecule has 0 aliphatic heterocycles. The van der Waals surface area contributed by atoms with E-state index in [0.717, 1.165) is 34.5 Å². The second kappa shape index (κ2) is 6.07. The van der Waals surface area contributed by atoms with Gasteiger partial charge in [-0.15, -0.1) is 0 Å². The molecule has 0 unspecified atom stereocenters. The molecule has 0 radical (unpaired) electrons. The van der Waals surface area contributed by atoms with E-state index in [1.54, 1.807) is 0 Å². The Kier molecular flexibility index (Phi) is 4.45. The molecule has 2 aromatic heterocycles. The minimum atomic E-state index is 0.586. The number of H-pyrrole nitrogens is 1. The Balaban J connectivity index is 2.42. The van der Waals surface area contributed by atoms with Crippen LogP contribution in [0.4, 0.5) is 5.82 Å². The number of aromatic nitrogens is 5. The zero-order valence-corrected chi connectivity index (χ0v) is 12.5. The van der Waals surface area contributed by atoms with Crippen LogP contribution in [0.1, 0.15) is 26.0 Å². The number of anilines is 1. The fourth-order valence-electron chi connectivity index (χ4n) is 1.51. The number of halogens is 1. The van der Waals surface area contributed by atoms with Gasteiger partial charge in [-0.25, -0.2) is 15.0 Å². The Morgan fingerprint density at radius 3 is 2.78 bits per heavy atom. The summed E-state index contributed by atoms with van der Waals surface area (Å²) in [5, 5.41) is 9.94. The zero-order chi connectivity index (χ0) is 13.0. The Morgan fingerprint density at radius 2 is 2.17 bits per heavy atom. The molecule has 2 N–H and O–H groups in total. The topological polar surface area (TPSA) is 79.4 Å². The standard InChI is InChI=1S/C11H15IN6/c1-3-5-13-9-8(12)7(4-2)16-11(17-9)10-14-6-15-18-10/h6H,3-5H2,1-2H3,(H,13,16,17)(H,14,15,18). The van der Waals surface area contributed by atoms with Crippen LogP contribution in [-0.4, -0.2) is 31.7 Å². The number of hydrogen-bond acceptors (Lipinski definition) is 5. The van der Waals surface area contributed by atoms with Crippen LogP contribution in [0.15, 0.2) is 6.33 Å². The maximum atomic E-state index is 4.51. The van der Waals surface area contributed by atoms with E-state index in [1.807, 2.05) is 0 Å². The molecular weight excluding hydrogens is 343 g/mol. The summed E-state index contributed by atoms with van der Waals surface area (Å²) < 4.78 is 1.08. The van der Waals surface area contributed by atoms with E-state index in [9.17, 15) is 0 Å². The van der Waals surface area contributed by atoms with Crippen molar-refractivity contribution in [2.45, 2.75) is 26.7 Å². The van der Waals surface area contributed by atoms with E-state index in [2.05, 4.69) is 66.9 Å². The first-order chi connectivity index (χ1) is 8.76. The van der Waals surface area contributed by atoms with Crippen molar-refractivity contribution in [2.24, 2.45) is 0 Å². The van der Waals surface area contributed by atoms with Gasteiger partial charge >= 0.3 is 0 Å². The van der Waals surface area contributed by atoms with Crippen molar-refractivity contribution in [3.63, 3.8) is 0 Å². The molecule has 0 saturated carbocycles. The fraction of sp³-hybridized carbons (Fsp3) is 0.455. The number of aromatic amines is 1. The van der Waals surface area contributed by atoms with Crippen molar-refractivity contribution in [3.05, 3.63) is 15.6 Å². The summed E-state index contributed by atoms with van der Waals surface area (Å²) >= 11 is 2.28. The number of nitrogens with one attached hydrogen (secondary N) is 2. The molecule has 0 aromatic carbocycles. The third-order valence-electron chi connectivity index (χ3n) is 2.42. The molecule has 6 nitrogen and oxygen atoms in total. The Hall–Kier alpha value is -1.25. The van der Waals surface area contributed by atoms with Crippen LogP contribution >= 0.6 is 22.6 Å². The van der Waals surface area contributed by atoms with Crippen LogP contribution in [0, 0.1) is 3.57 Å². The molecular formula is C11H15IN6. The first-order valence-corrected chi connectivity index (χ1v) is 7.00. The Morgan fingerprint density at radius 1 is 1.33 bits per heavy atom. The highest BCUT2D eigenvalue weighted by Crippen LogP contribution is 2.22. The molecule has 0 atom stereocenters. The molecule has 0 spiro atoms. The van der Waals surface area contributed by atoms with Gasteiger partial charge in [0.1, 0.15) is 12.1 Å². The largest absolute Gasteiger partial charge is 0.369 e. The normalized spacial score (nSPS) is 10.6. The van der Waals surface area contributed by atoms with Gasteiger partial charge in [0.25, 0.3) is 0 Å². The van der Waals surface area contributed by atoms with Crippen molar-refractivity contribution >= 4 is 28.4 Å². The number of aryl methyl sites for hydroxylation is 1. The van der Waals surface area contributed by atoms with Gasteiger partial charge in [-0.1, -0.05) is 13.8 Å². The average Bonchev–Trinajstić information content (AvgIpc) is 2.91. The maximum Gasteiger partial charge on any atom is 0.199 e. The quantitative estimate of drug-likeness (QED) is 0.802. The van der Waals surface area contributed by atoms with Crippen LogP contribution in [0.2, 0.25) is 0 Å². The summed E-state index contributed by atoms with van der Waals surface area (Å²) in [7, 11) is 0. The fourth-order valence-corrected chi connectivity index (χ4v) is 2.32. The van der Waals surface area contributed by atoms with Gasteiger partial charge in [-0.3, -0.25) is 5.10 Å². The van der Waals surface area contributed by atoms with Crippen LogP contribution in [0.3, 0.4) is 0 Å². The molecule has 0 bridgehead atoms. The third kappa shape index (κ3) is 2.77. The van der Waals surface area contributed by atoms with Crippen LogP contribution in [0.5, 0.6) is 0 Å². The maximum absolute atomic E-state index is 4.51. The van der Waals surface area contributed by atoms with Crippen LogP contribution < -0.4 is 5.32 Å². The second-order valence-corrected chi connectivity index (χ2v) is 4.85. The highest BCUT2D eigenvalue weighted by Gasteiger charge is 2.13.